The van der Waals surface area contributed by atoms with E-state index in [1.807, 2.05) is 59.2 Å². The first-order valence-corrected chi connectivity index (χ1v) is 10.2. The van der Waals surface area contributed by atoms with Gasteiger partial charge in [0.2, 0.25) is 0 Å². The highest BCUT2D eigenvalue weighted by Crippen LogP contribution is 2.17. The minimum atomic E-state index is -0.442. The molecule has 7 heteroatoms. The molecule has 0 saturated heterocycles. The van der Waals surface area contributed by atoms with Crippen LogP contribution in [0.15, 0.2) is 64.2 Å². The molecule has 0 aliphatic heterocycles. The monoisotopic (exact) mass is 403 g/mol. The zero-order valence-corrected chi connectivity index (χ0v) is 17.0. The number of anilines is 1. The summed E-state index contributed by atoms with van der Waals surface area (Å²) in [5.41, 5.74) is 8.69. The second kappa shape index (κ2) is 8.41. The molecule has 0 fully saturated rings. The molecule has 0 unspecified atom stereocenters. The van der Waals surface area contributed by atoms with Crippen molar-refractivity contribution in [1.29, 1.82) is 0 Å². The number of aromatic nitrogens is 4. The second-order valence-electron chi connectivity index (χ2n) is 7.42. The minimum absolute atomic E-state index is 0.311. The van der Waals surface area contributed by atoms with Crippen molar-refractivity contribution >= 4 is 16.9 Å². The number of imidazole rings is 1. The third-order valence-corrected chi connectivity index (χ3v) is 5.21. The van der Waals surface area contributed by atoms with Crippen LogP contribution in [-0.2, 0) is 25.9 Å². The van der Waals surface area contributed by atoms with E-state index in [-0.39, 0.29) is 0 Å². The molecule has 0 bridgehead atoms. The Morgan fingerprint density at radius 3 is 2.37 bits per heavy atom. The van der Waals surface area contributed by atoms with E-state index in [9.17, 15) is 9.59 Å². The van der Waals surface area contributed by atoms with Gasteiger partial charge >= 0.3 is 5.69 Å². The Bertz CT molecular complexity index is 1270. The van der Waals surface area contributed by atoms with Gasteiger partial charge in [0.15, 0.2) is 5.52 Å². The number of hydrogen-bond donors (Lipinski definition) is 2. The summed E-state index contributed by atoms with van der Waals surface area (Å²) in [6.45, 7) is 3.20. The Hall–Kier alpha value is -3.61. The Morgan fingerprint density at radius 2 is 1.67 bits per heavy atom. The van der Waals surface area contributed by atoms with Crippen LogP contribution in [0.2, 0.25) is 0 Å². The van der Waals surface area contributed by atoms with Crippen LogP contribution in [0.25, 0.3) is 11.2 Å². The van der Waals surface area contributed by atoms with Crippen LogP contribution in [0.1, 0.15) is 30.3 Å². The van der Waals surface area contributed by atoms with Gasteiger partial charge in [0, 0.05) is 25.2 Å². The summed E-state index contributed by atoms with van der Waals surface area (Å²) in [6.07, 6.45) is 2.11. The number of aromatic amines is 1. The average Bonchev–Trinajstić information content (AvgIpc) is 3.09. The number of nitrogen functional groups attached to an aromatic ring is 1. The number of nitrogens with two attached hydrogens (primary N) is 1. The van der Waals surface area contributed by atoms with Crippen molar-refractivity contribution in [2.45, 2.75) is 39.3 Å². The molecule has 0 radical (unpaired) electrons. The standard InChI is InChI=1S/C23H25N5O2/c1-2-13-27-19(15-17-6-4-3-5-7-17)25-20-21(29)26-23(30)28(22(20)27)14-12-16-8-10-18(24)11-9-16/h3-11H,2,12-15,24H2,1H3,(H,26,29,30). The first-order valence-electron chi connectivity index (χ1n) is 10.2. The smallest absolute Gasteiger partial charge is 0.330 e. The molecule has 0 amide bonds. The van der Waals surface area contributed by atoms with E-state index < -0.39 is 11.2 Å². The van der Waals surface area contributed by atoms with Crippen LogP contribution >= 0.6 is 0 Å². The van der Waals surface area contributed by atoms with Crippen LogP contribution in [0.4, 0.5) is 5.69 Å². The van der Waals surface area contributed by atoms with Crippen molar-refractivity contribution in [1.82, 2.24) is 19.1 Å². The van der Waals surface area contributed by atoms with Crippen molar-refractivity contribution in [2.24, 2.45) is 0 Å². The van der Waals surface area contributed by atoms with E-state index in [0.29, 0.717) is 42.8 Å². The Labute approximate surface area is 173 Å². The van der Waals surface area contributed by atoms with Crippen molar-refractivity contribution in [3.05, 3.63) is 92.4 Å². The number of rotatable bonds is 7. The predicted molar refractivity (Wildman–Crippen MR) is 119 cm³/mol. The number of aryl methyl sites for hydroxylation is 3. The number of hydrogen-bond acceptors (Lipinski definition) is 4. The second-order valence-corrected chi connectivity index (χ2v) is 7.42. The number of nitrogens with one attached hydrogen (secondary N) is 1. The summed E-state index contributed by atoms with van der Waals surface area (Å²) in [5.74, 6) is 0.787. The number of fused-ring (bicyclic) bond motifs is 1. The topological polar surface area (TPSA) is 98.7 Å². The molecule has 7 nitrogen and oxygen atoms in total. The van der Waals surface area contributed by atoms with Gasteiger partial charge in [0.05, 0.1) is 0 Å². The summed E-state index contributed by atoms with van der Waals surface area (Å²) in [7, 11) is 0. The minimum Gasteiger partial charge on any atom is -0.399 e. The van der Waals surface area contributed by atoms with E-state index >= 15 is 0 Å². The highest BCUT2D eigenvalue weighted by Gasteiger charge is 2.18. The molecule has 0 saturated carbocycles. The van der Waals surface area contributed by atoms with E-state index in [4.69, 9.17) is 5.73 Å². The first-order chi connectivity index (χ1) is 14.6. The van der Waals surface area contributed by atoms with E-state index in [0.717, 1.165) is 23.4 Å². The summed E-state index contributed by atoms with van der Waals surface area (Å²) >= 11 is 0. The molecule has 3 N–H and O–H groups in total. The zero-order chi connectivity index (χ0) is 21.1. The fourth-order valence-electron chi connectivity index (χ4n) is 3.74. The number of benzene rings is 2. The van der Waals surface area contributed by atoms with Gasteiger partial charge in [-0.3, -0.25) is 14.3 Å². The van der Waals surface area contributed by atoms with Crippen molar-refractivity contribution in [3.8, 4) is 0 Å². The molecule has 4 aromatic rings. The largest absolute Gasteiger partial charge is 0.399 e. The molecular formula is C23H25N5O2. The summed E-state index contributed by atoms with van der Waals surface area (Å²) in [4.78, 5) is 32.3. The van der Waals surface area contributed by atoms with Gasteiger partial charge < -0.3 is 10.3 Å². The van der Waals surface area contributed by atoms with Gasteiger partial charge in [-0.15, -0.1) is 0 Å². The maximum Gasteiger partial charge on any atom is 0.330 e. The van der Waals surface area contributed by atoms with Crippen LogP contribution < -0.4 is 17.0 Å². The fraction of sp³-hybridized carbons (Fsp3) is 0.261. The molecule has 0 spiro atoms. The lowest BCUT2D eigenvalue weighted by atomic mass is 10.1. The van der Waals surface area contributed by atoms with E-state index in [2.05, 4.69) is 16.9 Å². The number of H-pyrrole nitrogens is 1. The molecule has 2 aromatic carbocycles. The number of nitrogens with zero attached hydrogens (tertiary/aromatic N) is 3. The molecular weight excluding hydrogens is 378 g/mol. The predicted octanol–water partition coefficient (Wildman–Crippen LogP) is 2.71. The lowest BCUT2D eigenvalue weighted by Gasteiger charge is -2.12. The van der Waals surface area contributed by atoms with Gasteiger partial charge in [0.1, 0.15) is 11.5 Å². The highest BCUT2D eigenvalue weighted by atomic mass is 16.2. The summed E-state index contributed by atoms with van der Waals surface area (Å²) in [6, 6.07) is 17.6. The lowest BCUT2D eigenvalue weighted by Crippen LogP contribution is -2.32. The SMILES string of the molecule is CCCn1c(Cc2ccccc2)nc2c(=O)[nH]c(=O)n(CCc3ccc(N)cc3)c21. The maximum absolute atomic E-state index is 12.7. The summed E-state index contributed by atoms with van der Waals surface area (Å²) < 4.78 is 3.65. The van der Waals surface area contributed by atoms with Crippen LogP contribution in [0, 0.1) is 0 Å². The van der Waals surface area contributed by atoms with Crippen LogP contribution in [-0.4, -0.2) is 19.1 Å². The molecule has 4 rings (SSSR count). The van der Waals surface area contributed by atoms with E-state index in [1.54, 1.807) is 4.57 Å². The fourth-order valence-corrected chi connectivity index (χ4v) is 3.74. The summed E-state index contributed by atoms with van der Waals surface area (Å²) in [5, 5.41) is 0. The normalized spacial score (nSPS) is 11.2. The molecule has 2 heterocycles. The average molecular weight is 403 g/mol. The van der Waals surface area contributed by atoms with Crippen molar-refractivity contribution in [3.63, 3.8) is 0 Å². The molecule has 0 aliphatic carbocycles. The molecule has 0 atom stereocenters. The Kier molecular flexibility index (Phi) is 5.52. The van der Waals surface area contributed by atoms with Gasteiger partial charge in [-0.2, -0.15) is 0 Å². The van der Waals surface area contributed by atoms with Gasteiger partial charge in [-0.05, 0) is 36.1 Å². The van der Waals surface area contributed by atoms with Gasteiger partial charge in [-0.1, -0.05) is 49.4 Å². The lowest BCUT2D eigenvalue weighted by molar-refractivity contribution is 0.610. The van der Waals surface area contributed by atoms with Gasteiger partial charge in [-0.25, -0.2) is 9.78 Å². The Balaban J connectivity index is 1.80. The van der Waals surface area contributed by atoms with Crippen molar-refractivity contribution < 1.29 is 0 Å². The third-order valence-electron chi connectivity index (χ3n) is 5.21. The first kappa shape index (κ1) is 19.7. The highest BCUT2D eigenvalue weighted by molar-refractivity contribution is 5.71. The van der Waals surface area contributed by atoms with Crippen LogP contribution in [0.5, 0.6) is 0 Å². The Morgan fingerprint density at radius 1 is 0.933 bits per heavy atom. The maximum atomic E-state index is 12.7. The molecule has 154 valence electrons. The van der Waals surface area contributed by atoms with Crippen molar-refractivity contribution in [2.75, 3.05) is 5.73 Å². The molecule has 30 heavy (non-hydrogen) atoms. The van der Waals surface area contributed by atoms with Crippen LogP contribution in [0.3, 0.4) is 0 Å². The third kappa shape index (κ3) is 3.91. The van der Waals surface area contributed by atoms with E-state index in [1.165, 1.54) is 0 Å². The molecule has 2 aromatic heterocycles. The zero-order valence-electron chi connectivity index (χ0n) is 17.0. The van der Waals surface area contributed by atoms with Gasteiger partial charge in [0.25, 0.3) is 5.56 Å². The molecule has 0 aliphatic rings. The quantitative estimate of drug-likeness (QED) is 0.464.